The Morgan fingerprint density at radius 2 is 1.71 bits per heavy atom. The maximum absolute atomic E-state index is 12.4. The Morgan fingerprint density at radius 3 is 2.35 bits per heavy atom. The number of hydrogen-bond donors (Lipinski definition) is 1. The summed E-state index contributed by atoms with van der Waals surface area (Å²) in [7, 11) is 0. The van der Waals surface area contributed by atoms with Crippen molar-refractivity contribution >= 4 is 35.0 Å². The van der Waals surface area contributed by atoms with Crippen molar-refractivity contribution in [2.24, 2.45) is 5.92 Å². The van der Waals surface area contributed by atoms with Crippen LogP contribution in [-0.2, 0) is 9.59 Å². The highest BCUT2D eigenvalue weighted by Crippen LogP contribution is 2.35. The maximum atomic E-state index is 12.4. The molecule has 0 unspecified atom stereocenters. The summed E-state index contributed by atoms with van der Waals surface area (Å²) in [5.74, 6) is -0.368. The summed E-state index contributed by atoms with van der Waals surface area (Å²) in [4.78, 5) is 52.2. The van der Waals surface area contributed by atoms with Crippen molar-refractivity contribution < 1.29 is 23.9 Å². The minimum Gasteiger partial charge on any atom is -0.481 e. The lowest BCUT2D eigenvalue weighted by atomic mass is 10.1. The van der Waals surface area contributed by atoms with Gasteiger partial charge in [-0.3, -0.25) is 24.1 Å². The molecule has 0 saturated heterocycles. The average molecular weight is 421 g/mol. The fourth-order valence-electron chi connectivity index (χ4n) is 3.73. The van der Waals surface area contributed by atoms with Crippen LogP contribution in [-0.4, -0.2) is 48.2 Å². The van der Waals surface area contributed by atoms with Crippen LogP contribution in [0.25, 0.3) is 0 Å². The van der Waals surface area contributed by atoms with Crippen molar-refractivity contribution in [2.45, 2.75) is 20.3 Å². The van der Waals surface area contributed by atoms with Crippen molar-refractivity contribution in [3.63, 3.8) is 0 Å². The Bertz CT molecular complexity index is 1040. The van der Waals surface area contributed by atoms with Crippen LogP contribution in [0, 0.1) is 5.92 Å². The van der Waals surface area contributed by atoms with Crippen molar-refractivity contribution in [2.75, 3.05) is 29.9 Å². The molecule has 4 amide bonds. The number of fused-ring (bicyclic) bond motifs is 2. The van der Waals surface area contributed by atoms with E-state index in [0.29, 0.717) is 40.7 Å². The highest BCUT2D eigenvalue weighted by molar-refractivity contribution is 6.21. The van der Waals surface area contributed by atoms with E-state index in [1.807, 2.05) is 13.8 Å². The number of anilines is 2. The van der Waals surface area contributed by atoms with E-state index in [2.05, 4.69) is 5.32 Å². The van der Waals surface area contributed by atoms with Crippen LogP contribution in [0.1, 0.15) is 41.0 Å². The predicted molar refractivity (Wildman–Crippen MR) is 114 cm³/mol. The lowest BCUT2D eigenvalue weighted by Crippen LogP contribution is -2.40. The molecule has 2 aromatic carbocycles. The topological polar surface area (TPSA) is 96.0 Å². The van der Waals surface area contributed by atoms with E-state index in [-0.39, 0.29) is 43.2 Å². The number of benzene rings is 2. The number of nitrogens with zero attached hydrogens (tertiary/aromatic N) is 2. The minimum atomic E-state index is -0.384. The predicted octanol–water partition coefficient (Wildman–Crippen LogP) is 2.69. The number of hydrogen-bond acceptors (Lipinski definition) is 5. The molecular weight excluding hydrogens is 398 g/mol. The number of imide groups is 1. The summed E-state index contributed by atoms with van der Waals surface area (Å²) in [5, 5.41) is 2.76. The van der Waals surface area contributed by atoms with Crippen molar-refractivity contribution in [3.05, 3.63) is 53.6 Å². The largest absolute Gasteiger partial charge is 0.481 e. The summed E-state index contributed by atoms with van der Waals surface area (Å²) < 4.78 is 5.53. The number of carbonyl (C=O) groups excluding carboxylic acids is 4. The summed E-state index contributed by atoms with van der Waals surface area (Å²) in [6.45, 7) is 4.60. The molecule has 31 heavy (non-hydrogen) atoms. The summed E-state index contributed by atoms with van der Waals surface area (Å²) in [5.41, 5.74) is 1.92. The Kier molecular flexibility index (Phi) is 5.46. The van der Waals surface area contributed by atoms with Crippen molar-refractivity contribution in [3.8, 4) is 5.75 Å². The molecule has 2 heterocycles. The molecule has 2 aromatic rings. The van der Waals surface area contributed by atoms with Gasteiger partial charge in [0.2, 0.25) is 5.91 Å². The number of carbonyl (C=O) groups is 4. The van der Waals surface area contributed by atoms with Gasteiger partial charge in [-0.05, 0) is 30.2 Å². The molecule has 0 atom stereocenters. The van der Waals surface area contributed by atoms with Crippen LogP contribution in [0.5, 0.6) is 5.75 Å². The van der Waals surface area contributed by atoms with Gasteiger partial charge in [-0.1, -0.05) is 26.0 Å². The molecule has 8 nitrogen and oxygen atoms in total. The second-order valence-electron chi connectivity index (χ2n) is 7.98. The van der Waals surface area contributed by atoms with Gasteiger partial charge in [-0.25, -0.2) is 0 Å². The lowest BCUT2D eigenvalue weighted by molar-refractivity contribution is -0.121. The highest BCUT2D eigenvalue weighted by atomic mass is 16.5. The van der Waals surface area contributed by atoms with Gasteiger partial charge < -0.3 is 15.0 Å². The number of ether oxygens (including phenoxy) is 1. The normalized spacial score (nSPS) is 15.1. The summed E-state index contributed by atoms with van der Waals surface area (Å²) in [6, 6.07) is 11.7. The second-order valence-corrected chi connectivity index (χ2v) is 7.98. The fourth-order valence-corrected chi connectivity index (χ4v) is 3.73. The Labute approximate surface area is 179 Å². The van der Waals surface area contributed by atoms with Crippen LogP contribution in [0.15, 0.2) is 42.5 Å². The third kappa shape index (κ3) is 4.01. The van der Waals surface area contributed by atoms with Crippen molar-refractivity contribution in [1.82, 2.24) is 4.90 Å². The molecule has 0 spiro atoms. The van der Waals surface area contributed by atoms with Gasteiger partial charge in [-0.2, -0.15) is 0 Å². The van der Waals surface area contributed by atoms with Crippen LogP contribution in [0.2, 0.25) is 0 Å². The average Bonchev–Trinajstić information content (AvgIpc) is 2.98. The van der Waals surface area contributed by atoms with Gasteiger partial charge in [0.1, 0.15) is 5.75 Å². The van der Waals surface area contributed by atoms with E-state index in [1.54, 1.807) is 47.4 Å². The van der Waals surface area contributed by atoms with Gasteiger partial charge in [0.25, 0.3) is 17.7 Å². The Morgan fingerprint density at radius 1 is 1.03 bits per heavy atom. The van der Waals surface area contributed by atoms with E-state index < -0.39 is 0 Å². The monoisotopic (exact) mass is 421 g/mol. The summed E-state index contributed by atoms with van der Waals surface area (Å²) >= 11 is 0. The molecule has 0 aromatic heterocycles. The molecule has 8 heteroatoms. The first-order valence-electron chi connectivity index (χ1n) is 10.2. The molecule has 2 aliphatic heterocycles. The van der Waals surface area contributed by atoms with Gasteiger partial charge in [0, 0.05) is 31.3 Å². The zero-order valence-corrected chi connectivity index (χ0v) is 17.4. The van der Waals surface area contributed by atoms with E-state index in [4.69, 9.17) is 4.74 Å². The first-order valence-corrected chi connectivity index (χ1v) is 10.2. The molecule has 0 saturated carbocycles. The zero-order chi connectivity index (χ0) is 22.1. The second kappa shape index (κ2) is 8.22. The van der Waals surface area contributed by atoms with Gasteiger partial charge in [-0.15, -0.1) is 0 Å². The van der Waals surface area contributed by atoms with Crippen LogP contribution in [0.4, 0.5) is 11.4 Å². The quantitative estimate of drug-likeness (QED) is 0.724. The number of rotatable bonds is 6. The zero-order valence-electron chi connectivity index (χ0n) is 17.4. The molecule has 0 radical (unpaired) electrons. The first kappa shape index (κ1) is 20.6. The Hall–Kier alpha value is -3.68. The van der Waals surface area contributed by atoms with E-state index in [1.165, 1.54) is 0 Å². The molecule has 0 bridgehead atoms. The van der Waals surface area contributed by atoms with E-state index >= 15 is 0 Å². The third-order valence-corrected chi connectivity index (χ3v) is 5.17. The molecule has 0 aliphatic carbocycles. The standard InChI is InChI=1S/C23H23N3O5/c1-14(2)12-26-18-8-7-15(11-19(18)31-13-21(26)28)24-20(27)9-10-25-22(29)16-5-3-4-6-17(16)23(25)30/h3-8,11,14H,9-10,12-13H2,1-2H3,(H,24,27). The molecular formula is C23H23N3O5. The first-order chi connectivity index (χ1) is 14.8. The molecule has 0 fully saturated rings. The third-order valence-electron chi connectivity index (χ3n) is 5.17. The van der Waals surface area contributed by atoms with E-state index in [0.717, 1.165) is 4.90 Å². The molecule has 1 N–H and O–H groups in total. The van der Waals surface area contributed by atoms with Crippen LogP contribution < -0.4 is 15.0 Å². The Balaban J connectivity index is 1.39. The number of nitrogens with one attached hydrogen (secondary N) is 1. The van der Waals surface area contributed by atoms with Gasteiger partial charge in [0.15, 0.2) is 6.61 Å². The van der Waals surface area contributed by atoms with E-state index in [9.17, 15) is 19.2 Å². The highest BCUT2D eigenvalue weighted by Gasteiger charge is 2.35. The van der Waals surface area contributed by atoms with Gasteiger partial charge >= 0.3 is 0 Å². The van der Waals surface area contributed by atoms with Crippen molar-refractivity contribution in [1.29, 1.82) is 0 Å². The fraction of sp³-hybridized carbons (Fsp3) is 0.304. The molecule has 2 aliphatic rings. The van der Waals surface area contributed by atoms with Crippen LogP contribution in [0.3, 0.4) is 0 Å². The lowest BCUT2D eigenvalue weighted by Gasteiger charge is -2.31. The van der Waals surface area contributed by atoms with Gasteiger partial charge in [0.05, 0.1) is 16.8 Å². The SMILES string of the molecule is CC(C)CN1C(=O)COc2cc(NC(=O)CCN3C(=O)c4ccccc4C3=O)ccc21. The smallest absolute Gasteiger partial charge is 0.265 e. The molecule has 160 valence electrons. The number of amides is 4. The minimum absolute atomic E-state index is 0.00368. The summed E-state index contributed by atoms with van der Waals surface area (Å²) in [6.07, 6.45) is -0.0264. The molecule has 4 rings (SSSR count). The maximum Gasteiger partial charge on any atom is 0.265 e. The van der Waals surface area contributed by atoms with Crippen LogP contribution >= 0.6 is 0 Å².